The number of nitrogens with zero attached hydrogens (tertiary/aromatic N) is 3. The number of ether oxygens (including phenoxy) is 2. The number of anilines is 1. The first kappa shape index (κ1) is 29.6. The van der Waals surface area contributed by atoms with E-state index in [1.165, 1.54) is 11.8 Å². The molecule has 2 aliphatic rings. The van der Waals surface area contributed by atoms with Gasteiger partial charge < -0.3 is 14.8 Å². The second kappa shape index (κ2) is 12.3. The number of hydrogen-bond donors (Lipinski definition) is 1. The molecule has 4 aromatic rings. The van der Waals surface area contributed by atoms with Crippen LogP contribution in [0.3, 0.4) is 0 Å². The molecular formula is C33H32Cl2N4O3S. The molecule has 222 valence electrons. The molecule has 1 N–H and O–H groups in total. The molecule has 0 saturated heterocycles. The highest BCUT2D eigenvalue weighted by Crippen LogP contribution is 2.47. The van der Waals surface area contributed by atoms with Crippen LogP contribution in [0.4, 0.5) is 5.95 Å². The number of halogens is 2. The first-order valence-corrected chi connectivity index (χ1v) is 15.9. The van der Waals surface area contributed by atoms with Gasteiger partial charge in [0, 0.05) is 33.5 Å². The van der Waals surface area contributed by atoms with Crippen molar-refractivity contribution in [3.63, 3.8) is 0 Å². The first-order chi connectivity index (χ1) is 20.7. The molecule has 0 spiro atoms. The summed E-state index contributed by atoms with van der Waals surface area (Å²) in [6, 6.07) is 20.7. The molecule has 1 aliphatic heterocycles. The number of ketones is 1. The normalized spacial score (nSPS) is 17.2. The first-order valence-electron chi connectivity index (χ1n) is 14.2. The van der Waals surface area contributed by atoms with E-state index >= 15 is 0 Å². The Bertz CT molecular complexity index is 1700. The summed E-state index contributed by atoms with van der Waals surface area (Å²) in [4.78, 5) is 18.5. The van der Waals surface area contributed by atoms with Gasteiger partial charge in [-0.25, -0.2) is 4.68 Å². The van der Waals surface area contributed by atoms with Crippen molar-refractivity contribution < 1.29 is 14.3 Å². The monoisotopic (exact) mass is 634 g/mol. The molecule has 6 rings (SSSR count). The second-order valence-electron chi connectivity index (χ2n) is 11.5. The van der Waals surface area contributed by atoms with E-state index in [-0.39, 0.29) is 11.2 Å². The maximum absolute atomic E-state index is 13.7. The molecule has 3 aromatic carbocycles. The van der Waals surface area contributed by atoms with Gasteiger partial charge in [-0.05, 0) is 65.8 Å². The second-order valence-corrected chi connectivity index (χ2v) is 13.2. The van der Waals surface area contributed by atoms with Crippen LogP contribution in [-0.2, 0) is 17.2 Å². The van der Waals surface area contributed by atoms with E-state index in [2.05, 4.69) is 19.2 Å². The average molecular weight is 636 g/mol. The van der Waals surface area contributed by atoms with E-state index in [1.54, 1.807) is 0 Å². The molecule has 0 amide bonds. The fourth-order valence-electron chi connectivity index (χ4n) is 5.54. The van der Waals surface area contributed by atoms with Crippen molar-refractivity contribution in [3.8, 4) is 11.5 Å². The van der Waals surface area contributed by atoms with Gasteiger partial charge in [0.05, 0.1) is 6.61 Å². The third kappa shape index (κ3) is 6.42. The van der Waals surface area contributed by atoms with Crippen molar-refractivity contribution in [2.75, 3.05) is 11.9 Å². The lowest BCUT2D eigenvalue weighted by Gasteiger charge is -2.38. The fourth-order valence-corrected chi connectivity index (χ4v) is 6.78. The number of aromatic nitrogens is 3. The number of allylic oxidation sites excluding steroid dienone is 2. The van der Waals surface area contributed by atoms with Crippen LogP contribution in [0.25, 0.3) is 0 Å². The molecule has 7 nitrogen and oxygen atoms in total. The van der Waals surface area contributed by atoms with Gasteiger partial charge in [0.1, 0.15) is 12.6 Å². The zero-order valence-corrected chi connectivity index (χ0v) is 26.5. The minimum absolute atomic E-state index is 0.108. The van der Waals surface area contributed by atoms with Crippen LogP contribution in [-0.4, -0.2) is 27.2 Å². The summed E-state index contributed by atoms with van der Waals surface area (Å²) in [5.41, 5.74) is 4.34. The molecule has 1 atom stereocenters. The predicted molar refractivity (Wildman–Crippen MR) is 171 cm³/mol. The van der Waals surface area contributed by atoms with Crippen LogP contribution < -0.4 is 14.8 Å². The topological polar surface area (TPSA) is 78.3 Å². The average Bonchev–Trinajstić information content (AvgIpc) is 3.38. The molecule has 0 bridgehead atoms. The number of thioether (sulfide) groups is 1. The van der Waals surface area contributed by atoms with E-state index in [1.807, 2.05) is 78.3 Å². The Morgan fingerprint density at radius 2 is 1.81 bits per heavy atom. The number of carbonyl (C=O) groups is 1. The van der Waals surface area contributed by atoms with E-state index in [4.69, 9.17) is 42.8 Å². The Morgan fingerprint density at radius 1 is 1.02 bits per heavy atom. The highest BCUT2D eigenvalue weighted by Gasteiger charge is 2.42. The van der Waals surface area contributed by atoms with Crippen molar-refractivity contribution in [1.29, 1.82) is 0 Å². The number of rotatable bonds is 9. The smallest absolute Gasteiger partial charge is 0.227 e. The van der Waals surface area contributed by atoms with Crippen LogP contribution in [0.15, 0.2) is 83.2 Å². The molecule has 0 fully saturated rings. The number of Topliss-reactive ketones (excluding diaryl/α,β-unsaturated/α-hetero) is 1. The summed E-state index contributed by atoms with van der Waals surface area (Å²) in [7, 11) is 0. The summed E-state index contributed by atoms with van der Waals surface area (Å²) in [5.74, 6) is 2.57. The third-order valence-corrected chi connectivity index (χ3v) is 9.03. The highest BCUT2D eigenvalue weighted by atomic mass is 35.5. The van der Waals surface area contributed by atoms with Crippen molar-refractivity contribution >= 4 is 46.7 Å². The molecule has 0 saturated carbocycles. The van der Waals surface area contributed by atoms with Crippen molar-refractivity contribution in [2.24, 2.45) is 5.41 Å². The molecular weight excluding hydrogens is 603 g/mol. The van der Waals surface area contributed by atoms with Crippen molar-refractivity contribution in [3.05, 3.63) is 105 Å². The summed E-state index contributed by atoms with van der Waals surface area (Å²) in [5, 5.41) is 10.3. The van der Waals surface area contributed by atoms with Gasteiger partial charge in [-0.15, -0.1) is 5.10 Å². The number of nitrogens with one attached hydrogen (secondary N) is 1. The van der Waals surface area contributed by atoms with Gasteiger partial charge in [-0.1, -0.05) is 85.2 Å². The quantitative estimate of drug-likeness (QED) is 0.185. The molecule has 0 radical (unpaired) electrons. The van der Waals surface area contributed by atoms with Gasteiger partial charge in [-0.2, -0.15) is 4.98 Å². The van der Waals surface area contributed by atoms with Crippen LogP contribution in [0.1, 0.15) is 56.3 Å². The lowest BCUT2D eigenvalue weighted by atomic mass is 9.73. The van der Waals surface area contributed by atoms with Crippen LogP contribution in [0.5, 0.6) is 11.5 Å². The lowest BCUT2D eigenvalue weighted by Crippen LogP contribution is -2.36. The van der Waals surface area contributed by atoms with Gasteiger partial charge in [0.2, 0.25) is 11.1 Å². The molecule has 10 heteroatoms. The Morgan fingerprint density at radius 3 is 2.58 bits per heavy atom. The maximum Gasteiger partial charge on any atom is 0.227 e. The highest BCUT2D eigenvalue weighted by molar-refractivity contribution is 7.98. The minimum atomic E-state index is -0.457. The van der Waals surface area contributed by atoms with Gasteiger partial charge in [-0.3, -0.25) is 4.79 Å². The van der Waals surface area contributed by atoms with Crippen LogP contribution in [0.2, 0.25) is 10.0 Å². The zero-order valence-electron chi connectivity index (χ0n) is 24.2. The Balaban J connectivity index is 1.35. The Kier molecular flexibility index (Phi) is 8.45. The Hall–Kier alpha value is -3.46. The van der Waals surface area contributed by atoms with Crippen molar-refractivity contribution in [2.45, 2.75) is 57.2 Å². The summed E-state index contributed by atoms with van der Waals surface area (Å²) in [6.45, 7) is 7.01. The lowest BCUT2D eigenvalue weighted by molar-refractivity contribution is -0.118. The molecule has 1 unspecified atom stereocenters. The van der Waals surface area contributed by atoms with Crippen LogP contribution in [0, 0.1) is 5.41 Å². The van der Waals surface area contributed by atoms with E-state index in [0.717, 1.165) is 34.4 Å². The van der Waals surface area contributed by atoms with E-state index < -0.39 is 6.04 Å². The van der Waals surface area contributed by atoms with E-state index in [9.17, 15) is 4.79 Å². The van der Waals surface area contributed by atoms with Crippen molar-refractivity contribution in [1.82, 2.24) is 14.8 Å². The maximum atomic E-state index is 13.7. The number of carbonyl (C=O) groups excluding carboxylic acids is 1. The number of hydrogen-bond acceptors (Lipinski definition) is 7. The Labute approximate surface area is 265 Å². The minimum Gasteiger partial charge on any atom is -0.490 e. The summed E-state index contributed by atoms with van der Waals surface area (Å²) >= 11 is 13.9. The molecule has 1 aliphatic carbocycles. The zero-order chi connectivity index (χ0) is 30.1. The van der Waals surface area contributed by atoms with Gasteiger partial charge in [0.15, 0.2) is 17.3 Å². The fraction of sp³-hybridized carbons (Fsp3) is 0.303. The number of fused-ring (bicyclic) bond motifs is 1. The SMILES string of the molecule is CCOc1cc(C2C3=C(CC(C)(C)CC3=O)Nc3nc(SCc4ccccc4Cl)nn32)ccc1OCc1ccc(Cl)cc1. The largest absolute Gasteiger partial charge is 0.490 e. The molecule has 2 heterocycles. The third-order valence-electron chi connectivity index (χ3n) is 7.52. The number of benzene rings is 3. The summed E-state index contributed by atoms with van der Waals surface area (Å²) < 4.78 is 14.0. The summed E-state index contributed by atoms with van der Waals surface area (Å²) in [6.07, 6.45) is 1.20. The van der Waals surface area contributed by atoms with Gasteiger partial charge in [0.25, 0.3) is 0 Å². The van der Waals surface area contributed by atoms with Crippen LogP contribution >= 0.6 is 35.0 Å². The van der Waals surface area contributed by atoms with Gasteiger partial charge >= 0.3 is 0 Å². The predicted octanol–water partition coefficient (Wildman–Crippen LogP) is 8.51. The molecule has 43 heavy (non-hydrogen) atoms. The standard InChI is InChI=1S/C33H32Cl2N4O3S/c1-4-41-28-15-21(11-14-27(28)42-18-20-9-12-23(34)13-10-20)30-29-25(16-33(2,3)17-26(29)40)36-31-37-32(38-39(30)31)43-19-22-7-5-6-8-24(22)35/h5-15,30H,4,16-19H2,1-3H3,(H,36,37,38). The molecule has 1 aromatic heterocycles. The van der Waals surface area contributed by atoms with E-state index in [0.29, 0.717) is 58.0 Å².